The number of nitrogens with zero attached hydrogens (tertiary/aromatic N) is 4. The van der Waals surface area contributed by atoms with Crippen molar-refractivity contribution in [2.75, 3.05) is 38.2 Å². The number of aromatic nitrogens is 2. The number of hydrogen-bond donors (Lipinski definition) is 1. The van der Waals surface area contributed by atoms with Crippen LogP contribution in [0.4, 0.5) is 5.95 Å². The Labute approximate surface area is 140 Å². The van der Waals surface area contributed by atoms with E-state index < -0.39 is 12.0 Å². The molecule has 0 spiro atoms. The minimum absolute atomic E-state index is 0.631. The summed E-state index contributed by atoms with van der Waals surface area (Å²) < 4.78 is 5.21. The van der Waals surface area contributed by atoms with Crippen LogP contribution in [0.5, 0.6) is 5.75 Å². The average Bonchev–Trinajstić information content (AvgIpc) is 2.63. The lowest BCUT2D eigenvalue weighted by molar-refractivity contribution is -0.143. The van der Waals surface area contributed by atoms with Crippen molar-refractivity contribution < 1.29 is 14.6 Å². The SMILES string of the molecule is COc1cccc(C(C(=O)O)N2CCN(c3ncccn3)CC2)c1. The van der Waals surface area contributed by atoms with E-state index in [1.807, 2.05) is 23.1 Å². The highest BCUT2D eigenvalue weighted by atomic mass is 16.5. The molecule has 1 aromatic heterocycles. The lowest BCUT2D eigenvalue weighted by Gasteiger charge is -2.37. The second-order valence-electron chi connectivity index (χ2n) is 5.59. The molecule has 0 aliphatic carbocycles. The largest absolute Gasteiger partial charge is 0.497 e. The van der Waals surface area contributed by atoms with Gasteiger partial charge in [0.2, 0.25) is 5.95 Å². The number of methoxy groups -OCH3 is 1. The van der Waals surface area contributed by atoms with Crippen LogP contribution in [0.2, 0.25) is 0 Å². The number of ether oxygens (including phenoxy) is 1. The van der Waals surface area contributed by atoms with Crippen molar-refractivity contribution in [2.24, 2.45) is 0 Å². The number of anilines is 1. The van der Waals surface area contributed by atoms with E-state index >= 15 is 0 Å². The fraction of sp³-hybridized carbons (Fsp3) is 0.353. The van der Waals surface area contributed by atoms with E-state index in [9.17, 15) is 9.90 Å². The van der Waals surface area contributed by atoms with Gasteiger partial charge < -0.3 is 14.7 Å². The van der Waals surface area contributed by atoms with Gasteiger partial charge in [-0.15, -0.1) is 0 Å². The summed E-state index contributed by atoms with van der Waals surface area (Å²) >= 11 is 0. The smallest absolute Gasteiger partial charge is 0.325 e. The summed E-state index contributed by atoms with van der Waals surface area (Å²) in [5.41, 5.74) is 0.728. The van der Waals surface area contributed by atoms with Gasteiger partial charge >= 0.3 is 5.97 Å². The molecule has 1 aromatic carbocycles. The first kappa shape index (κ1) is 16.2. The Morgan fingerprint density at radius 1 is 1.17 bits per heavy atom. The number of hydrogen-bond acceptors (Lipinski definition) is 6. The Balaban J connectivity index is 1.73. The second-order valence-corrected chi connectivity index (χ2v) is 5.59. The van der Waals surface area contributed by atoms with Gasteiger partial charge in [0.15, 0.2) is 0 Å². The zero-order valence-electron chi connectivity index (χ0n) is 13.5. The van der Waals surface area contributed by atoms with Gasteiger partial charge in [-0.3, -0.25) is 9.69 Å². The maximum Gasteiger partial charge on any atom is 0.325 e. The molecule has 1 aliphatic rings. The molecule has 3 rings (SSSR count). The summed E-state index contributed by atoms with van der Waals surface area (Å²) in [7, 11) is 1.58. The van der Waals surface area contributed by atoms with E-state index in [0.717, 1.165) is 5.56 Å². The van der Waals surface area contributed by atoms with Gasteiger partial charge in [0.1, 0.15) is 11.8 Å². The van der Waals surface area contributed by atoms with Crippen molar-refractivity contribution in [1.82, 2.24) is 14.9 Å². The average molecular weight is 328 g/mol. The summed E-state index contributed by atoms with van der Waals surface area (Å²) in [5.74, 6) is 0.494. The molecule has 1 fully saturated rings. The van der Waals surface area contributed by atoms with Crippen molar-refractivity contribution in [3.8, 4) is 5.75 Å². The second kappa shape index (κ2) is 7.27. The van der Waals surface area contributed by atoms with Crippen LogP contribution in [0.25, 0.3) is 0 Å². The first-order valence-electron chi connectivity index (χ1n) is 7.82. The predicted octanol–water partition coefficient (Wildman–Crippen LogP) is 1.43. The van der Waals surface area contributed by atoms with Crippen LogP contribution in [-0.4, -0.2) is 59.2 Å². The van der Waals surface area contributed by atoms with Gasteiger partial charge in [-0.1, -0.05) is 12.1 Å². The van der Waals surface area contributed by atoms with E-state index in [2.05, 4.69) is 14.9 Å². The van der Waals surface area contributed by atoms with Crippen LogP contribution in [0, 0.1) is 0 Å². The zero-order valence-corrected chi connectivity index (χ0v) is 13.5. The first-order chi connectivity index (χ1) is 11.7. The number of carboxylic acid groups (broad SMARTS) is 1. The monoisotopic (exact) mass is 328 g/mol. The van der Waals surface area contributed by atoms with Gasteiger partial charge in [0.25, 0.3) is 0 Å². The van der Waals surface area contributed by atoms with E-state index in [4.69, 9.17) is 4.74 Å². The molecule has 0 radical (unpaired) electrons. The topological polar surface area (TPSA) is 78.8 Å². The molecule has 1 aliphatic heterocycles. The molecular formula is C17H20N4O3. The molecule has 2 heterocycles. The Kier molecular flexibility index (Phi) is 4.90. The standard InChI is InChI=1S/C17H20N4O3/c1-24-14-5-2-4-13(12-14)15(16(22)23)20-8-10-21(11-9-20)17-18-6-3-7-19-17/h2-7,12,15H,8-11H2,1H3,(H,22,23). The van der Waals surface area contributed by atoms with Crippen molar-refractivity contribution >= 4 is 11.9 Å². The van der Waals surface area contributed by atoms with Gasteiger partial charge in [-0.05, 0) is 23.8 Å². The zero-order chi connectivity index (χ0) is 16.9. The highest BCUT2D eigenvalue weighted by molar-refractivity contribution is 5.75. The van der Waals surface area contributed by atoms with Gasteiger partial charge in [-0.2, -0.15) is 0 Å². The molecule has 1 unspecified atom stereocenters. The number of rotatable bonds is 5. The van der Waals surface area contributed by atoms with Gasteiger partial charge in [-0.25, -0.2) is 9.97 Å². The quantitative estimate of drug-likeness (QED) is 0.889. The summed E-state index contributed by atoms with van der Waals surface area (Å²) in [6.07, 6.45) is 3.43. The van der Waals surface area contributed by atoms with Crippen LogP contribution in [0.15, 0.2) is 42.7 Å². The van der Waals surface area contributed by atoms with Crippen LogP contribution < -0.4 is 9.64 Å². The highest BCUT2D eigenvalue weighted by Gasteiger charge is 2.31. The molecular weight excluding hydrogens is 308 g/mol. The maximum absolute atomic E-state index is 11.8. The molecule has 1 atom stereocenters. The van der Waals surface area contributed by atoms with Crippen LogP contribution in [0.1, 0.15) is 11.6 Å². The molecule has 7 heteroatoms. The van der Waals surface area contributed by atoms with Crippen LogP contribution >= 0.6 is 0 Å². The Morgan fingerprint density at radius 2 is 1.88 bits per heavy atom. The lowest BCUT2D eigenvalue weighted by atomic mass is 10.0. The van der Waals surface area contributed by atoms with Crippen LogP contribution in [0.3, 0.4) is 0 Å². The molecule has 126 valence electrons. The molecule has 24 heavy (non-hydrogen) atoms. The van der Waals surface area contributed by atoms with E-state index in [1.165, 1.54) is 0 Å². The fourth-order valence-corrected chi connectivity index (χ4v) is 2.96. The van der Waals surface area contributed by atoms with Crippen molar-refractivity contribution in [3.05, 3.63) is 48.3 Å². The number of aliphatic carboxylic acids is 1. The van der Waals surface area contributed by atoms with Gasteiger partial charge in [0.05, 0.1) is 7.11 Å². The summed E-state index contributed by atoms with van der Waals surface area (Å²) in [6, 6.07) is 8.34. The van der Waals surface area contributed by atoms with Crippen molar-refractivity contribution in [1.29, 1.82) is 0 Å². The molecule has 0 bridgehead atoms. The van der Waals surface area contributed by atoms with Crippen LogP contribution in [-0.2, 0) is 4.79 Å². The first-order valence-corrected chi connectivity index (χ1v) is 7.82. The van der Waals surface area contributed by atoms with Gasteiger partial charge in [0, 0.05) is 38.6 Å². The minimum Gasteiger partial charge on any atom is -0.497 e. The number of benzene rings is 1. The summed E-state index contributed by atoms with van der Waals surface area (Å²) in [5, 5.41) is 9.70. The fourth-order valence-electron chi connectivity index (χ4n) is 2.96. The third-order valence-corrected chi connectivity index (χ3v) is 4.16. The Morgan fingerprint density at radius 3 is 2.50 bits per heavy atom. The van der Waals surface area contributed by atoms with E-state index in [-0.39, 0.29) is 0 Å². The number of carboxylic acids is 1. The maximum atomic E-state index is 11.8. The molecule has 0 amide bonds. The summed E-state index contributed by atoms with van der Waals surface area (Å²) in [4.78, 5) is 24.4. The third kappa shape index (κ3) is 3.46. The number of piperazine rings is 1. The lowest BCUT2D eigenvalue weighted by Crippen LogP contribution is -2.49. The molecule has 2 aromatic rings. The van der Waals surface area contributed by atoms with E-state index in [0.29, 0.717) is 37.9 Å². The molecule has 0 saturated carbocycles. The van der Waals surface area contributed by atoms with Crippen molar-refractivity contribution in [3.63, 3.8) is 0 Å². The third-order valence-electron chi connectivity index (χ3n) is 4.16. The van der Waals surface area contributed by atoms with Crippen molar-refractivity contribution in [2.45, 2.75) is 6.04 Å². The summed E-state index contributed by atoms with van der Waals surface area (Å²) in [6.45, 7) is 2.65. The normalized spacial score (nSPS) is 16.6. The molecule has 1 saturated heterocycles. The Hall–Kier alpha value is -2.67. The Bertz CT molecular complexity index is 687. The molecule has 7 nitrogen and oxygen atoms in total. The highest BCUT2D eigenvalue weighted by Crippen LogP contribution is 2.26. The molecule has 1 N–H and O–H groups in total. The minimum atomic E-state index is -0.854. The predicted molar refractivity (Wildman–Crippen MR) is 89.2 cm³/mol. The van der Waals surface area contributed by atoms with E-state index in [1.54, 1.807) is 31.6 Å². The number of carbonyl (C=O) groups is 1.